The second-order valence-electron chi connectivity index (χ2n) is 5.49. The zero-order chi connectivity index (χ0) is 15.2. The number of benzene rings is 1. The second kappa shape index (κ2) is 7.19. The topological polar surface area (TPSA) is 67.1 Å². The minimum absolute atomic E-state index is 0.0522. The average Bonchev–Trinajstić information content (AvgIpc) is 2.38. The smallest absolute Gasteiger partial charge is 0.319 e. The lowest BCUT2D eigenvalue weighted by Crippen LogP contribution is -2.37. The number of hydrogen-bond acceptors (Lipinski definition) is 2. The number of hydrogen-bond donors (Lipinski definition) is 3. The van der Waals surface area contributed by atoms with Gasteiger partial charge in [-0.1, -0.05) is 13.8 Å². The molecule has 1 aromatic carbocycles. The summed E-state index contributed by atoms with van der Waals surface area (Å²) in [7, 11) is 0. The van der Waals surface area contributed by atoms with Gasteiger partial charge in [0.15, 0.2) is 0 Å². The summed E-state index contributed by atoms with van der Waals surface area (Å²) in [4.78, 5) is 11.7. The van der Waals surface area contributed by atoms with Crippen LogP contribution in [-0.4, -0.2) is 19.1 Å². The predicted octanol–water partition coefficient (Wildman–Crippen LogP) is 2.85. The number of urea groups is 1. The number of rotatable bonds is 6. The molecule has 0 bridgehead atoms. The molecular weight excluding hydrogens is 264 g/mol. The molecule has 4 N–H and O–H groups in total. The molecule has 20 heavy (non-hydrogen) atoms. The molecule has 6 heteroatoms. The van der Waals surface area contributed by atoms with Crippen molar-refractivity contribution >= 4 is 11.7 Å². The second-order valence-corrected chi connectivity index (χ2v) is 5.49. The normalized spacial score (nSPS) is 11.2. The van der Waals surface area contributed by atoms with Gasteiger partial charge in [-0.05, 0) is 36.9 Å². The zero-order valence-electron chi connectivity index (χ0n) is 11.8. The van der Waals surface area contributed by atoms with E-state index in [0.717, 1.165) is 25.0 Å². The van der Waals surface area contributed by atoms with Gasteiger partial charge in [0, 0.05) is 12.6 Å². The third kappa shape index (κ3) is 5.52. The van der Waals surface area contributed by atoms with Crippen molar-refractivity contribution in [3.63, 3.8) is 0 Å². The first-order valence-corrected chi connectivity index (χ1v) is 6.54. The minimum Gasteiger partial charge on any atom is -0.337 e. The maximum Gasteiger partial charge on any atom is 0.319 e. The van der Waals surface area contributed by atoms with E-state index in [-0.39, 0.29) is 11.1 Å². The van der Waals surface area contributed by atoms with E-state index < -0.39 is 17.7 Å². The fourth-order valence-electron chi connectivity index (χ4n) is 1.75. The summed E-state index contributed by atoms with van der Waals surface area (Å²) in [6, 6.07) is 2.48. The highest BCUT2D eigenvalue weighted by Gasteiger charge is 2.18. The molecule has 0 unspecified atom stereocenters. The van der Waals surface area contributed by atoms with Crippen LogP contribution in [0.5, 0.6) is 0 Å². The first-order valence-electron chi connectivity index (χ1n) is 6.54. The monoisotopic (exact) mass is 285 g/mol. The zero-order valence-corrected chi connectivity index (χ0v) is 11.8. The highest BCUT2D eigenvalue weighted by atomic mass is 19.1. The standard InChI is InChI=1S/C14H21F2N3O/c1-14(2,6-3-7-17)9-18-13(20)19-12-5-4-10(15)8-11(12)16/h4-5,8H,3,6-7,9,17H2,1-2H3,(H2,18,19,20). The molecule has 112 valence electrons. The Morgan fingerprint density at radius 1 is 1.35 bits per heavy atom. The van der Waals surface area contributed by atoms with E-state index in [1.165, 1.54) is 6.07 Å². The number of nitrogens with two attached hydrogens (primary N) is 1. The van der Waals surface area contributed by atoms with E-state index in [0.29, 0.717) is 13.1 Å². The number of amides is 2. The number of anilines is 1. The summed E-state index contributed by atoms with van der Waals surface area (Å²) in [6.45, 7) is 5.08. The number of nitrogens with one attached hydrogen (secondary N) is 2. The Hall–Kier alpha value is -1.69. The van der Waals surface area contributed by atoms with E-state index in [2.05, 4.69) is 10.6 Å². The molecule has 0 saturated heterocycles. The van der Waals surface area contributed by atoms with E-state index in [4.69, 9.17) is 5.73 Å². The van der Waals surface area contributed by atoms with Crippen LogP contribution < -0.4 is 16.4 Å². The van der Waals surface area contributed by atoms with Gasteiger partial charge in [-0.2, -0.15) is 0 Å². The Balaban J connectivity index is 2.47. The van der Waals surface area contributed by atoms with Gasteiger partial charge in [-0.15, -0.1) is 0 Å². The summed E-state index contributed by atoms with van der Waals surface area (Å²) in [5, 5.41) is 5.02. The Bertz CT molecular complexity index is 464. The Morgan fingerprint density at radius 3 is 2.65 bits per heavy atom. The van der Waals surface area contributed by atoms with Crippen LogP contribution in [0.25, 0.3) is 0 Å². The van der Waals surface area contributed by atoms with Crippen molar-refractivity contribution in [1.82, 2.24) is 5.32 Å². The lowest BCUT2D eigenvalue weighted by Gasteiger charge is -2.24. The van der Waals surface area contributed by atoms with Gasteiger partial charge >= 0.3 is 6.03 Å². The van der Waals surface area contributed by atoms with E-state index in [9.17, 15) is 13.6 Å². The van der Waals surface area contributed by atoms with Crippen LogP contribution in [0.1, 0.15) is 26.7 Å². The minimum atomic E-state index is -0.803. The summed E-state index contributed by atoms with van der Waals surface area (Å²) in [5.41, 5.74) is 5.31. The number of halogens is 2. The van der Waals surface area contributed by atoms with Crippen molar-refractivity contribution < 1.29 is 13.6 Å². The molecule has 0 aliphatic rings. The Labute approximate surface area is 117 Å². The van der Waals surface area contributed by atoms with Crippen LogP contribution in [0.2, 0.25) is 0 Å². The molecule has 0 aliphatic carbocycles. The predicted molar refractivity (Wildman–Crippen MR) is 75.4 cm³/mol. The summed E-state index contributed by atoms with van der Waals surface area (Å²) >= 11 is 0. The average molecular weight is 285 g/mol. The molecule has 0 heterocycles. The van der Waals surface area contributed by atoms with Crippen LogP contribution in [0, 0.1) is 17.0 Å². The van der Waals surface area contributed by atoms with Crippen molar-refractivity contribution in [2.45, 2.75) is 26.7 Å². The van der Waals surface area contributed by atoms with Crippen LogP contribution in [0.15, 0.2) is 18.2 Å². The first-order chi connectivity index (χ1) is 9.34. The van der Waals surface area contributed by atoms with E-state index in [1.54, 1.807) is 0 Å². The van der Waals surface area contributed by atoms with Gasteiger partial charge < -0.3 is 16.4 Å². The highest BCUT2D eigenvalue weighted by Crippen LogP contribution is 2.20. The molecule has 0 aliphatic heterocycles. The van der Waals surface area contributed by atoms with Crippen LogP contribution >= 0.6 is 0 Å². The maximum atomic E-state index is 13.4. The molecule has 2 amide bonds. The molecule has 0 spiro atoms. The Kier molecular flexibility index (Phi) is 5.88. The fourth-order valence-corrected chi connectivity index (χ4v) is 1.75. The molecular formula is C14H21F2N3O. The van der Waals surface area contributed by atoms with Crippen molar-refractivity contribution in [1.29, 1.82) is 0 Å². The summed E-state index contributed by atoms with van der Waals surface area (Å²) < 4.78 is 26.1. The van der Waals surface area contributed by atoms with Gasteiger partial charge in [0.2, 0.25) is 0 Å². The molecule has 4 nitrogen and oxygen atoms in total. The molecule has 1 rings (SSSR count). The fraction of sp³-hybridized carbons (Fsp3) is 0.500. The highest BCUT2D eigenvalue weighted by molar-refractivity contribution is 5.89. The quantitative estimate of drug-likeness (QED) is 0.752. The van der Waals surface area contributed by atoms with E-state index >= 15 is 0 Å². The SMILES string of the molecule is CC(C)(CCCN)CNC(=O)Nc1ccc(F)cc1F. The largest absolute Gasteiger partial charge is 0.337 e. The molecule has 0 atom stereocenters. The van der Waals surface area contributed by atoms with Crippen molar-refractivity contribution in [2.24, 2.45) is 11.1 Å². The van der Waals surface area contributed by atoms with Gasteiger partial charge in [-0.3, -0.25) is 0 Å². The molecule has 1 aromatic rings. The van der Waals surface area contributed by atoms with Gasteiger partial charge in [-0.25, -0.2) is 13.6 Å². The Morgan fingerprint density at radius 2 is 2.05 bits per heavy atom. The van der Waals surface area contributed by atoms with Crippen LogP contribution in [0.4, 0.5) is 19.3 Å². The van der Waals surface area contributed by atoms with Crippen LogP contribution in [0.3, 0.4) is 0 Å². The molecule has 0 radical (unpaired) electrons. The lowest BCUT2D eigenvalue weighted by molar-refractivity contribution is 0.242. The lowest BCUT2D eigenvalue weighted by atomic mass is 9.88. The third-order valence-corrected chi connectivity index (χ3v) is 2.96. The summed E-state index contributed by atoms with van der Waals surface area (Å²) in [5.74, 6) is -1.49. The summed E-state index contributed by atoms with van der Waals surface area (Å²) in [6.07, 6.45) is 1.76. The number of carbonyl (C=O) groups excluding carboxylic acids is 1. The van der Waals surface area contributed by atoms with Gasteiger partial charge in [0.25, 0.3) is 0 Å². The number of carbonyl (C=O) groups is 1. The molecule has 0 fully saturated rings. The van der Waals surface area contributed by atoms with Gasteiger partial charge in [0.1, 0.15) is 11.6 Å². The third-order valence-electron chi connectivity index (χ3n) is 2.96. The van der Waals surface area contributed by atoms with Crippen molar-refractivity contribution in [3.05, 3.63) is 29.8 Å². The van der Waals surface area contributed by atoms with Gasteiger partial charge in [0.05, 0.1) is 5.69 Å². The maximum absolute atomic E-state index is 13.4. The van der Waals surface area contributed by atoms with E-state index in [1.807, 2.05) is 13.8 Å². The van der Waals surface area contributed by atoms with Crippen molar-refractivity contribution in [2.75, 3.05) is 18.4 Å². The molecule has 0 saturated carbocycles. The molecule has 0 aromatic heterocycles. The van der Waals surface area contributed by atoms with Crippen molar-refractivity contribution in [3.8, 4) is 0 Å². The first kappa shape index (κ1) is 16.4. The van der Waals surface area contributed by atoms with Crippen LogP contribution in [-0.2, 0) is 0 Å².